The van der Waals surface area contributed by atoms with Crippen LogP contribution in [0.4, 0.5) is 14.5 Å². The SMILES string of the molecule is CC1(O)CCCCN(S(=O)(=O)c2cc(C(=O)Nc3ccc(F)c(Cl)c3)ccc2F)C1. The molecule has 1 atom stereocenters. The topological polar surface area (TPSA) is 86.7 Å². The van der Waals surface area contributed by atoms with Crippen LogP contribution in [-0.4, -0.2) is 42.4 Å². The van der Waals surface area contributed by atoms with Crippen molar-refractivity contribution in [3.63, 3.8) is 0 Å². The van der Waals surface area contributed by atoms with Crippen LogP contribution in [0, 0.1) is 11.6 Å². The van der Waals surface area contributed by atoms with Crippen molar-refractivity contribution in [1.29, 1.82) is 0 Å². The molecule has 6 nitrogen and oxygen atoms in total. The molecule has 1 heterocycles. The van der Waals surface area contributed by atoms with Crippen molar-refractivity contribution in [2.24, 2.45) is 0 Å². The minimum atomic E-state index is -4.28. The Hall–Kier alpha value is -2.07. The molecular weight excluding hydrogens is 438 g/mol. The molecule has 162 valence electrons. The van der Waals surface area contributed by atoms with Gasteiger partial charge in [-0.05, 0) is 62.6 Å². The summed E-state index contributed by atoms with van der Waals surface area (Å²) in [5, 5.41) is 12.6. The van der Waals surface area contributed by atoms with Gasteiger partial charge in [0.1, 0.15) is 16.5 Å². The first-order valence-corrected chi connectivity index (χ1v) is 11.1. The third-order valence-electron chi connectivity index (χ3n) is 4.88. The Morgan fingerprint density at radius 2 is 1.87 bits per heavy atom. The van der Waals surface area contributed by atoms with Gasteiger partial charge in [0.05, 0.1) is 10.6 Å². The predicted octanol–water partition coefficient (Wildman–Crippen LogP) is 3.80. The molecule has 30 heavy (non-hydrogen) atoms. The maximum absolute atomic E-state index is 14.4. The van der Waals surface area contributed by atoms with E-state index < -0.39 is 38.1 Å². The average molecular weight is 459 g/mol. The van der Waals surface area contributed by atoms with E-state index in [9.17, 15) is 27.1 Å². The van der Waals surface area contributed by atoms with E-state index >= 15 is 0 Å². The number of hydrogen-bond donors (Lipinski definition) is 2. The van der Waals surface area contributed by atoms with Crippen molar-refractivity contribution in [2.45, 2.75) is 36.7 Å². The standard InChI is InChI=1S/C20H21ClF2N2O4S/c1-20(27)8-2-3-9-25(12-20)30(28,29)18-10-13(4-6-17(18)23)19(26)24-14-5-7-16(22)15(21)11-14/h4-7,10-11,27H,2-3,8-9,12H2,1H3,(H,24,26). The molecule has 1 unspecified atom stereocenters. The molecule has 3 rings (SSSR count). The highest BCUT2D eigenvalue weighted by Gasteiger charge is 2.35. The first-order valence-electron chi connectivity index (χ1n) is 9.28. The van der Waals surface area contributed by atoms with Crippen molar-refractivity contribution in [3.8, 4) is 0 Å². The first kappa shape index (κ1) is 22.6. The molecule has 0 aromatic heterocycles. The molecule has 10 heteroatoms. The maximum Gasteiger partial charge on any atom is 0.255 e. The summed E-state index contributed by atoms with van der Waals surface area (Å²) in [6.07, 6.45) is 1.61. The lowest BCUT2D eigenvalue weighted by Crippen LogP contribution is -2.42. The second-order valence-corrected chi connectivity index (χ2v) is 9.83. The Kier molecular flexibility index (Phi) is 6.47. The maximum atomic E-state index is 14.4. The Balaban J connectivity index is 1.90. The molecule has 1 fully saturated rings. The summed E-state index contributed by atoms with van der Waals surface area (Å²) in [7, 11) is -4.28. The second kappa shape index (κ2) is 8.58. The van der Waals surface area contributed by atoms with E-state index in [1.54, 1.807) is 0 Å². The monoisotopic (exact) mass is 458 g/mol. The number of nitrogens with zero attached hydrogens (tertiary/aromatic N) is 1. The summed E-state index contributed by atoms with van der Waals surface area (Å²) >= 11 is 5.69. The highest BCUT2D eigenvalue weighted by Crippen LogP contribution is 2.28. The van der Waals surface area contributed by atoms with Crippen LogP contribution in [0.2, 0.25) is 5.02 Å². The zero-order valence-electron chi connectivity index (χ0n) is 16.2. The van der Waals surface area contributed by atoms with Crippen LogP contribution >= 0.6 is 11.6 Å². The summed E-state index contributed by atoms with van der Waals surface area (Å²) in [6, 6.07) is 6.56. The number of carbonyl (C=O) groups is 1. The molecule has 0 spiro atoms. The summed E-state index contributed by atoms with van der Waals surface area (Å²) in [5.74, 6) is -2.37. The number of carbonyl (C=O) groups excluding carboxylic acids is 1. The normalized spacial score (nSPS) is 20.6. The molecular formula is C20H21ClF2N2O4S. The number of amides is 1. The van der Waals surface area contributed by atoms with Crippen LogP contribution in [0.25, 0.3) is 0 Å². The van der Waals surface area contributed by atoms with Gasteiger partial charge >= 0.3 is 0 Å². The summed E-state index contributed by atoms with van der Waals surface area (Å²) in [4.78, 5) is 11.9. The van der Waals surface area contributed by atoms with Gasteiger partial charge in [-0.3, -0.25) is 4.79 Å². The Morgan fingerprint density at radius 3 is 2.57 bits per heavy atom. The van der Waals surface area contributed by atoms with Gasteiger partial charge in [-0.2, -0.15) is 4.31 Å². The Bertz CT molecular complexity index is 1080. The van der Waals surface area contributed by atoms with Crippen molar-refractivity contribution in [2.75, 3.05) is 18.4 Å². The first-order chi connectivity index (χ1) is 14.0. The zero-order valence-corrected chi connectivity index (χ0v) is 17.7. The zero-order chi connectivity index (χ0) is 22.1. The lowest BCUT2D eigenvalue weighted by molar-refractivity contribution is 0.0407. The van der Waals surface area contributed by atoms with Gasteiger partial charge < -0.3 is 10.4 Å². The number of sulfonamides is 1. The van der Waals surface area contributed by atoms with E-state index in [4.69, 9.17) is 11.6 Å². The smallest absolute Gasteiger partial charge is 0.255 e. The highest BCUT2D eigenvalue weighted by atomic mass is 35.5. The fraction of sp³-hybridized carbons (Fsp3) is 0.350. The molecule has 1 aliphatic rings. The third kappa shape index (κ3) is 4.97. The molecule has 1 amide bonds. The minimum absolute atomic E-state index is 0.1000. The van der Waals surface area contributed by atoms with Gasteiger partial charge in [-0.1, -0.05) is 11.6 Å². The van der Waals surface area contributed by atoms with E-state index in [0.717, 1.165) is 28.6 Å². The molecule has 2 aromatic rings. The molecule has 1 aliphatic heterocycles. The van der Waals surface area contributed by atoms with Crippen LogP contribution < -0.4 is 5.32 Å². The van der Waals surface area contributed by atoms with Crippen LogP contribution in [0.5, 0.6) is 0 Å². The predicted molar refractivity (Wildman–Crippen MR) is 109 cm³/mol. The highest BCUT2D eigenvalue weighted by molar-refractivity contribution is 7.89. The number of halogens is 3. The fourth-order valence-corrected chi connectivity index (χ4v) is 5.16. The van der Waals surface area contributed by atoms with E-state index in [2.05, 4.69) is 5.32 Å². The van der Waals surface area contributed by atoms with E-state index in [1.165, 1.54) is 19.1 Å². The molecule has 1 saturated heterocycles. The minimum Gasteiger partial charge on any atom is -0.389 e. The largest absolute Gasteiger partial charge is 0.389 e. The van der Waals surface area contributed by atoms with Gasteiger partial charge in [-0.15, -0.1) is 0 Å². The quantitative estimate of drug-likeness (QED) is 0.729. The fourth-order valence-electron chi connectivity index (χ4n) is 3.30. The van der Waals surface area contributed by atoms with E-state index in [-0.39, 0.29) is 29.4 Å². The molecule has 0 bridgehead atoms. The number of rotatable bonds is 4. The van der Waals surface area contributed by atoms with E-state index in [1.807, 2.05) is 0 Å². The van der Waals surface area contributed by atoms with Crippen LogP contribution in [0.15, 0.2) is 41.3 Å². The van der Waals surface area contributed by atoms with Crippen LogP contribution in [-0.2, 0) is 10.0 Å². The van der Waals surface area contributed by atoms with Gasteiger partial charge in [0.2, 0.25) is 10.0 Å². The number of nitrogens with one attached hydrogen (secondary N) is 1. The summed E-state index contributed by atoms with van der Waals surface area (Å²) in [5.41, 5.74) is -1.13. The van der Waals surface area contributed by atoms with Crippen molar-refractivity contribution in [3.05, 3.63) is 58.6 Å². The molecule has 2 aromatic carbocycles. The van der Waals surface area contributed by atoms with Gasteiger partial charge in [0.15, 0.2) is 0 Å². The number of β-amino-alcohol motifs (C(OH)–C–C–N with tert-alkyl or cyclic N) is 1. The van der Waals surface area contributed by atoms with Crippen molar-refractivity contribution in [1.82, 2.24) is 4.31 Å². The van der Waals surface area contributed by atoms with Crippen molar-refractivity contribution >= 4 is 33.2 Å². The molecule has 0 saturated carbocycles. The van der Waals surface area contributed by atoms with Gasteiger partial charge in [0.25, 0.3) is 5.91 Å². The lowest BCUT2D eigenvalue weighted by atomic mass is 10.0. The van der Waals surface area contributed by atoms with Crippen LogP contribution in [0.3, 0.4) is 0 Å². The number of hydrogen-bond acceptors (Lipinski definition) is 4. The lowest BCUT2D eigenvalue weighted by Gasteiger charge is -2.28. The molecule has 2 N–H and O–H groups in total. The average Bonchev–Trinajstić information content (AvgIpc) is 2.86. The Labute approximate surface area is 178 Å². The van der Waals surface area contributed by atoms with E-state index in [0.29, 0.717) is 19.3 Å². The molecule has 0 aliphatic carbocycles. The van der Waals surface area contributed by atoms with Gasteiger partial charge in [-0.25, -0.2) is 17.2 Å². The molecule has 0 radical (unpaired) electrons. The number of anilines is 1. The summed E-state index contributed by atoms with van der Waals surface area (Å²) < 4.78 is 54.9. The van der Waals surface area contributed by atoms with Gasteiger partial charge in [0, 0.05) is 24.3 Å². The van der Waals surface area contributed by atoms with Crippen LogP contribution in [0.1, 0.15) is 36.5 Å². The Morgan fingerprint density at radius 1 is 1.17 bits per heavy atom. The third-order valence-corrected chi connectivity index (χ3v) is 7.03. The second-order valence-electron chi connectivity index (χ2n) is 7.52. The number of aliphatic hydroxyl groups is 1. The number of benzene rings is 2. The summed E-state index contributed by atoms with van der Waals surface area (Å²) in [6.45, 7) is 1.51. The van der Waals surface area contributed by atoms with Crippen molar-refractivity contribution < 1.29 is 27.1 Å².